The Balaban J connectivity index is 2.14. The molecule has 1 aliphatic rings. The summed E-state index contributed by atoms with van der Waals surface area (Å²) in [5.74, 6) is 0.149. The largest absolute Gasteiger partial charge is 0.337 e. The topological polar surface area (TPSA) is 20.3 Å². The second kappa shape index (κ2) is 4.82. The van der Waals surface area contributed by atoms with Crippen molar-refractivity contribution in [2.45, 2.75) is 11.2 Å². The van der Waals surface area contributed by atoms with Crippen molar-refractivity contribution in [3.8, 4) is 0 Å². The summed E-state index contributed by atoms with van der Waals surface area (Å²) in [5, 5.41) is 0. The minimum atomic E-state index is 0.149. The SMILES string of the molecule is O=C(c1cccc(I)c1)N1CCC(Br)C1. The van der Waals surface area contributed by atoms with Gasteiger partial charge in [-0.25, -0.2) is 0 Å². The Labute approximate surface area is 111 Å². The van der Waals surface area contributed by atoms with Gasteiger partial charge in [-0.15, -0.1) is 0 Å². The van der Waals surface area contributed by atoms with Gasteiger partial charge in [0.15, 0.2) is 0 Å². The number of carbonyl (C=O) groups is 1. The summed E-state index contributed by atoms with van der Waals surface area (Å²) in [6.45, 7) is 1.69. The second-order valence-electron chi connectivity index (χ2n) is 3.65. The number of alkyl halides is 1. The minimum absolute atomic E-state index is 0.149. The smallest absolute Gasteiger partial charge is 0.253 e. The van der Waals surface area contributed by atoms with Crippen molar-refractivity contribution in [2.24, 2.45) is 0 Å². The normalized spacial score (nSPS) is 20.7. The summed E-state index contributed by atoms with van der Waals surface area (Å²) in [4.78, 5) is 14.4. The molecule has 1 fully saturated rings. The number of likely N-dealkylation sites (tertiary alicyclic amines) is 1. The van der Waals surface area contributed by atoms with Crippen LogP contribution in [0.4, 0.5) is 0 Å². The van der Waals surface area contributed by atoms with Gasteiger partial charge in [0.25, 0.3) is 5.91 Å². The van der Waals surface area contributed by atoms with Crippen LogP contribution < -0.4 is 0 Å². The van der Waals surface area contributed by atoms with Gasteiger partial charge >= 0.3 is 0 Å². The highest BCUT2D eigenvalue weighted by atomic mass is 127. The summed E-state index contributed by atoms with van der Waals surface area (Å²) < 4.78 is 1.10. The van der Waals surface area contributed by atoms with E-state index in [9.17, 15) is 4.79 Å². The van der Waals surface area contributed by atoms with E-state index in [2.05, 4.69) is 38.5 Å². The van der Waals surface area contributed by atoms with Crippen molar-refractivity contribution >= 4 is 44.4 Å². The summed E-state index contributed by atoms with van der Waals surface area (Å²) >= 11 is 5.76. The molecule has 4 heteroatoms. The first-order valence-electron chi connectivity index (χ1n) is 4.86. The molecule has 0 spiro atoms. The van der Waals surface area contributed by atoms with Crippen molar-refractivity contribution in [3.63, 3.8) is 0 Å². The Morgan fingerprint density at radius 3 is 2.93 bits per heavy atom. The minimum Gasteiger partial charge on any atom is -0.337 e. The van der Waals surface area contributed by atoms with E-state index in [1.54, 1.807) is 0 Å². The van der Waals surface area contributed by atoms with Gasteiger partial charge in [-0.1, -0.05) is 22.0 Å². The van der Waals surface area contributed by atoms with Crippen LogP contribution in [-0.4, -0.2) is 28.7 Å². The molecule has 1 atom stereocenters. The van der Waals surface area contributed by atoms with E-state index in [1.807, 2.05) is 29.2 Å². The number of hydrogen-bond acceptors (Lipinski definition) is 1. The van der Waals surface area contributed by atoms with E-state index in [0.29, 0.717) is 4.83 Å². The molecule has 2 rings (SSSR count). The van der Waals surface area contributed by atoms with E-state index >= 15 is 0 Å². The standard InChI is InChI=1S/C11H11BrINO/c12-9-4-5-14(7-9)11(15)8-2-1-3-10(13)6-8/h1-3,6,9H,4-5,7H2. The van der Waals surface area contributed by atoms with Gasteiger partial charge in [-0.05, 0) is 47.2 Å². The molecular weight excluding hydrogens is 369 g/mol. The van der Waals surface area contributed by atoms with Gasteiger partial charge in [-0.3, -0.25) is 4.79 Å². The third-order valence-corrected chi connectivity index (χ3v) is 3.91. The predicted molar refractivity (Wildman–Crippen MR) is 72.4 cm³/mol. The third kappa shape index (κ3) is 2.72. The summed E-state index contributed by atoms with van der Waals surface area (Å²) in [5.41, 5.74) is 0.795. The van der Waals surface area contributed by atoms with E-state index in [1.165, 1.54) is 0 Å². The van der Waals surface area contributed by atoms with Crippen LogP contribution in [0.25, 0.3) is 0 Å². The maximum Gasteiger partial charge on any atom is 0.253 e. The molecule has 1 amide bonds. The van der Waals surface area contributed by atoms with Crippen molar-refractivity contribution in [2.75, 3.05) is 13.1 Å². The molecule has 0 aromatic heterocycles. The Kier molecular flexibility index (Phi) is 3.66. The number of nitrogens with zero attached hydrogens (tertiary/aromatic N) is 1. The molecule has 1 heterocycles. The van der Waals surface area contributed by atoms with Crippen LogP contribution in [0.5, 0.6) is 0 Å². The highest BCUT2D eigenvalue weighted by Gasteiger charge is 2.24. The predicted octanol–water partition coefficient (Wildman–Crippen LogP) is 2.90. The average Bonchev–Trinajstić information content (AvgIpc) is 2.64. The molecule has 80 valence electrons. The first-order chi connectivity index (χ1) is 7.16. The molecule has 1 aromatic carbocycles. The molecule has 0 saturated carbocycles. The zero-order valence-electron chi connectivity index (χ0n) is 8.12. The average molecular weight is 380 g/mol. The second-order valence-corrected chi connectivity index (χ2v) is 6.19. The van der Waals surface area contributed by atoms with Gasteiger partial charge in [0.1, 0.15) is 0 Å². The number of rotatable bonds is 1. The molecule has 1 saturated heterocycles. The highest BCUT2D eigenvalue weighted by molar-refractivity contribution is 14.1. The quantitative estimate of drug-likeness (QED) is 0.542. The van der Waals surface area contributed by atoms with Gasteiger partial charge in [0.2, 0.25) is 0 Å². The van der Waals surface area contributed by atoms with E-state index in [-0.39, 0.29) is 5.91 Å². The fourth-order valence-electron chi connectivity index (χ4n) is 1.71. The lowest BCUT2D eigenvalue weighted by atomic mass is 10.2. The van der Waals surface area contributed by atoms with Crippen LogP contribution >= 0.6 is 38.5 Å². The van der Waals surface area contributed by atoms with E-state index in [0.717, 1.165) is 28.6 Å². The third-order valence-electron chi connectivity index (χ3n) is 2.49. The van der Waals surface area contributed by atoms with Crippen LogP contribution in [0.15, 0.2) is 24.3 Å². The van der Waals surface area contributed by atoms with Crippen LogP contribution in [-0.2, 0) is 0 Å². The molecular formula is C11H11BrINO. The summed E-state index contributed by atoms with van der Waals surface area (Å²) in [7, 11) is 0. The Bertz CT molecular complexity index is 383. The van der Waals surface area contributed by atoms with Crippen molar-refractivity contribution in [1.29, 1.82) is 0 Å². The number of amides is 1. The number of carbonyl (C=O) groups excluding carboxylic acids is 1. The molecule has 0 N–H and O–H groups in total. The van der Waals surface area contributed by atoms with Gasteiger partial charge < -0.3 is 4.90 Å². The maximum atomic E-state index is 12.0. The summed E-state index contributed by atoms with van der Waals surface area (Å²) in [6.07, 6.45) is 1.05. The van der Waals surface area contributed by atoms with Gasteiger partial charge in [-0.2, -0.15) is 0 Å². The zero-order chi connectivity index (χ0) is 10.8. The summed E-state index contributed by atoms with van der Waals surface area (Å²) in [6, 6.07) is 7.74. The van der Waals surface area contributed by atoms with Crippen LogP contribution in [0.1, 0.15) is 16.8 Å². The van der Waals surface area contributed by atoms with Crippen LogP contribution in [0, 0.1) is 3.57 Å². The lowest BCUT2D eigenvalue weighted by molar-refractivity contribution is 0.0793. The lowest BCUT2D eigenvalue weighted by Crippen LogP contribution is -2.28. The zero-order valence-corrected chi connectivity index (χ0v) is 11.9. The van der Waals surface area contributed by atoms with Gasteiger partial charge in [0, 0.05) is 27.1 Å². The first kappa shape index (κ1) is 11.4. The molecule has 0 radical (unpaired) electrons. The van der Waals surface area contributed by atoms with Crippen molar-refractivity contribution in [3.05, 3.63) is 33.4 Å². The van der Waals surface area contributed by atoms with Crippen LogP contribution in [0.2, 0.25) is 0 Å². The molecule has 2 nitrogen and oxygen atoms in total. The van der Waals surface area contributed by atoms with E-state index in [4.69, 9.17) is 0 Å². The number of hydrogen-bond donors (Lipinski definition) is 0. The molecule has 1 aromatic rings. The Hall–Kier alpha value is -0.100. The molecule has 0 aliphatic carbocycles. The first-order valence-corrected chi connectivity index (χ1v) is 6.85. The van der Waals surface area contributed by atoms with E-state index < -0.39 is 0 Å². The number of benzene rings is 1. The highest BCUT2D eigenvalue weighted by Crippen LogP contribution is 2.19. The molecule has 1 unspecified atom stereocenters. The maximum absolute atomic E-state index is 12.0. The van der Waals surface area contributed by atoms with Crippen molar-refractivity contribution in [1.82, 2.24) is 4.90 Å². The van der Waals surface area contributed by atoms with Gasteiger partial charge in [0.05, 0.1) is 0 Å². The van der Waals surface area contributed by atoms with Crippen LogP contribution in [0.3, 0.4) is 0 Å². The fraction of sp³-hybridized carbons (Fsp3) is 0.364. The molecule has 0 bridgehead atoms. The lowest BCUT2D eigenvalue weighted by Gasteiger charge is -2.15. The molecule has 15 heavy (non-hydrogen) atoms. The molecule has 1 aliphatic heterocycles. The Morgan fingerprint density at radius 2 is 2.33 bits per heavy atom. The Morgan fingerprint density at radius 1 is 1.53 bits per heavy atom. The van der Waals surface area contributed by atoms with Crippen molar-refractivity contribution < 1.29 is 4.79 Å². The monoisotopic (exact) mass is 379 g/mol. The number of halogens is 2. The fourth-order valence-corrected chi connectivity index (χ4v) is 2.80.